The first kappa shape index (κ1) is 53.5. The van der Waals surface area contributed by atoms with Crippen molar-refractivity contribution in [3.05, 3.63) is 85.3 Å². The molecule has 0 heterocycles. The summed E-state index contributed by atoms with van der Waals surface area (Å²) < 4.78 is 34.6. The van der Waals surface area contributed by atoms with Gasteiger partial charge in [-0.05, 0) is 83.1 Å². The van der Waals surface area contributed by atoms with Gasteiger partial charge in [-0.15, -0.1) is 0 Å². The number of allylic oxidation sites excluding steroid dienone is 12. The zero-order valence-electron chi connectivity index (χ0n) is 35.9. The minimum absolute atomic E-state index is 0.00777. The molecule has 0 aromatic rings. The highest BCUT2D eigenvalue weighted by Gasteiger charge is 2.26. The summed E-state index contributed by atoms with van der Waals surface area (Å²) >= 11 is 0. The summed E-state index contributed by atoms with van der Waals surface area (Å²) in [4.78, 5) is 22.8. The summed E-state index contributed by atoms with van der Waals surface area (Å²) in [6, 6.07) is 0. The van der Waals surface area contributed by atoms with Crippen LogP contribution >= 0.6 is 7.82 Å². The molecule has 1 unspecified atom stereocenters. The first-order chi connectivity index (χ1) is 27.0. The van der Waals surface area contributed by atoms with E-state index in [-0.39, 0.29) is 32.3 Å². The Morgan fingerprint density at radius 2 is 1.20 bits per heavy atom. The largest absolute Gasteiger partial charge is 0.498 e. The Labute approximate surface area is 342 Å². The number of carbonyl (C=O) groups excluding carboxylic acids is 1. The number of phosphoric ester groups is 1. The monoisotopic (exact) mass is 807 g/mol. The molecule has 0 fully saturated rings. The zero-order chi connectivity index (χ0) is 41.4. The van der Waals surface area contributed by atoms with Gasteiger partial charge in [0, 0.05) is 6.42 Å². The summed E-state index contributed by atoms with van der Waals surface area (Å²) in [7, 11) is 1.56. The number of nitrogens with zero attached hydrogens (tertiary/aromatic N) is 1. The highest BCUT2D eigenvalue weighted by molar-refractivity contribution is 7.47. The second-order valence-electron chi connectivity index (χ2n) is 15.3. The average molecular weight is 807 g/mol. The van der Waals surface area contributed by atoms with Crippen LogP contribution in [0.1, 0.15) is 142 Å². The number of carbonyl (C=O) groups is 1. The molecule has 0 aliphatic carbocycles. The second-order valence-corrected chi connectivity index (χ2v) is 16.7. The minimum Gasteiger partial charge on any atom is -0.498 e. The van der Waals surface area contributed by atoms with Crippen molar-refractivity contribution in [2.45, 2.75) is 154 Å². The number of aliphatic hydroxyl groups is 1. The van der Waals surface area contributed by atoms with Crippen LogP contribution in [-0.2, 0) is 27.9 Å². The average Bonchev–Trinajstić information content (AvgIpc) is 3.15. The molecule has 10 heteroatoms. The van der Waals surface area contributed by atoms with Crippen LogP contribution in [0.3, 0.4) is 0 Å². The van der Waals surface area contributed by atoms with Crippen molar-refractivity contribution in [3.8, 4) is 0 Å². The standard InChI is InChI=1S/C46H80NO8P/c1-6-8-9-10-11-12-13-14-15-18-21-24-27-30-33-36-40-52-42-45(43-54-56(50,51)53-41-39-47(3,4)5)55-46(49)38-35-32-29-26-23-20-17-16-19-22-25-28-31-34-37-44(48)7-2/h12-13,17,19-20,22,26,28-29,31,34,36-37,40,44-45,48H,6-11,14-16,18,21,23-25,27,30,32-33,35,38-39,41-43H2,1-5H3/p+1/b13-12-,20-17-,22-19-,29-26-,31-28-,37-34+,40-36+/t44-,45-/m1/s1. The number of unbranched alkanes of at least 4 members (excludes halogenated alkanes) is 12. The van der Waals surface area contributed by atoms with E-state index in [9.17, 15) is 19.4 Å². The number of esters is 1. The van der Waals surface area contributed by atoms with Gasteiger partial charge < -0.3 is 24.0 Å². The van der Waals surface area contributed by atoms with Crippen LogP contribution in [0.25, 0.3) is 0 Å². The molecule has 0 amide bonds. The van der Waals surface area contributed by atoms with E-state index in [1.165, 1.54) is 70.6 Å². The number of ether oxygens (including phenoxy) is 2. The number of hydrogen-bond donors (Lipinski definition) is 2. The van der Waals surface area contributed by atoms with Crippen LogP contribution in [0, 0.1) is 0 Å². The van der Waals surface area contributed by atoms with Crippen molar-refractivity contribution in [1.29, 1.82) is 0 Å². The fraction of sp³-hybridized carbons (Fsp3) is 0.674. The molecule has 0 saturated heterocycles. The van der Waals surface area contributed by atoms with Gasteiger partial charge in [0.15, 0.2) is 6.10 Å². The van der Waals surface area contributed by atoms with Gasteiger partial charge in [0.1, 0.15) is 19.8 Å². The number of phosphoric acid groups is 1. The van der Waals surface area contributed by atoms with Gasteiger partial charge in [-0.2, -0.15) is 0 Å². The molecule has 0 radical (unpaired) electrons. The van der Waals surface area contributed by atoms with Crippen molar-refractivity contribution in [3.63, 3.8) is 0 Å². The maximum Gasteiger partial charge on any atom is 0.472 e. The maximum absolute atomic E-state index is 12.6. The van der Waals surface area contributed by atoms with Gasteiger partial charge in [0.05, 0.1) is 40.1 Å². The quantitative estimate of drug-likeness (QED) is 0.0121. The summed E-state index contributed by atoms with van der Waals surface area (Å²) in [6.45, 7) is 4.48. The van der Waals surface area contributed by atoms with Crippen molar-refractivity contribution in [1.82, 2.24) is 0 Å². The second kappa shape index (κ2) is 38.0. The van der Waals surface area contributed by atoms with Crippen molar-refractivity contribution in [2.75, 3.05) is 47.5 Å². The van der Waals surface area contributed by atoms with E-state index in [0.717, 1.165) is 44.9 Å². The predicted molar refractivity (Wildman–Crippen MR) is 234 cm³/mol. The Kier molecular flexibility index (Phi) is 36.3. The highest BCUT2D eigenvalue weighted by atomic mass is 31.2. The fourth-order valence-corrected chi connectivity index (χ4v) is 5.89. The lowest BCUT2D eigenvalue weighted by molar-refractivity contribution is -0.870. The molecular formula is C46H81NO8P+. The van der Waals surface area contributed by atoms with E-state index >= 15 is 0 Å². The lowest BCUT2D eigenvalue weighted by Crippen LogP contribution is -2.37. The number of aliphatic hydroxyl groups excluding tert-OH is 1. The third-order valence-corrected chi connectivity index (χ3v) is 9.65. The third kappa shape index (κ3) is 41.1. The van der Waals surface area contributed by atoms with Crippen molar-refractivity contribution in [2.24, 2.45) is 0 Å². The van der Waals surface area contributed by atoms with Gasteiger partial charge >= 0.3 is 13.8 Å². The summed E-state index contributed by atoms with van der Waals surface area (Å²) in [5.74, 6) is -0.409. The molecule has 0 bridgehead atoms. The van der Waals surface area contributed by atoms with Gasteiger partial charge in [-0.25, -0.2) is 4.57 Å². The Morgan fingerprint density at radius 1 is 0.661 bits per heavy atom. The normalized spacial score (nSPS) is 15.1. The van der Waals surface area contributed by atoms with Crippen LogP contribution in [0.5, 0.6) is 0 Å². The Morgan fingerprint density at radius 3 is 1.80 bits per heavy atom. The molecule has 2 N–H and O–H groups in total. The fourth-order valence-electron chi connectivity index (χ4n) is 5.15. The van der Waals surface area contributed by atoms with Crippen LogP contribution in [0.15, 0.2) is 85.3 Å². The molecule has 0 saturated carbocycles. The molecule has 0 spiro atoms. The lowest BCUT2D eigenvalue weighted by Gasteiger charge is -2.24. The Bertz CT molecular complexity index is 1180. The van der Waals surface area contributed by atoms with E-state index < -0.39 is 19.9 Å². The molecule has 322 valence electrons. The van der Waals surface area contributed by atoms with Crippen LogP contribution in [-0.4, -0.2) is 80.2 Å². The molecule has 0 aliphatic rings. The molecule has 9 nitrogen and oxygen atoms in total. The molecular weight excluding hydrogens is 725 g/mol. The number of rotatable bonds is 38. The topological polar surface area (TPSA) is 112 Å². The molecule has 3 atom stereocenters. The molecule has 0 aromatic carbocycles. The van der Waals surface area contributed by atoms with Gasteiger partial charge in [-0.3, -0.25) is 13.8 Å². The Hall–Kier alpha value is -2.52. The number of hydrogen-bond acceptors (Lipinski definition) is 7. The van der Waals surface area contributed by atoms with E-state index in [1.54, 1.807) is 12.3 Å². The Balaban J connectivity index is 4.46. The molecule has 0 rings (SSSR count). The maximum atomic E-state index is 12.6. The zero-order valence-corrected chi connectivity index (χ0v) is 36.8. The third-order valence-electron chi connectivity index (χ3n) is 8.66. The lowest BCUT2D eigenvalue weighted by atomic mass is 10.1. The van der Waals surface area contributed by atoms with Gasteiger partial charge in [-0.1, -0.05) is 132 Å². The number of likely N-dealkylation sites (N-methyl/N-ethyl adjacent to an activating group) is 1. The minimum atomic E-state index is -4.32. The predicted octanol–water partition coefficient (Wildman–Crippen LogP) is 11.8. The van der Waals surface area contributed by atoms with E-state index in [4.69, 9.17) is 18.5 Å². The van der Waals surface area contributed by atoms with Gasteiger partial charge in [0.25, 0.3) is 0 Å². The van der Waals surface area contributed by atoms with Gasteiger partial charge in [0.2, 0.25) is 0 Å². The van der Waals surface area contributed by atoms with Crippen LogP contribution < -0.4 is 0 Å². The highest BCUT2D eigenvalue weighted by Crippen LogP contribution is 2.43. The first-order valence-electron chi connectivity index (χ1n) is 21.5. The van der Waals surface area contributed by atoms with E-state index in [2.05, 4.69) is 61.6 Å². The molecule has 0 aromatic heterocycles. The summed E-state index contributed by atoms with van der Waals surface area (Å²) in [5.41, 5.74) is 0. The van der Waals surface area contributed by atoms with Crippen molar-refractivity contribution >= 4 is 13.8 Å². The van der Waals surface area contributed by atoms with Crippen molar-refractivity contribution < 1.29 is 42.4 Å². The first-order valence-corrected chi connectivity index (χ1v) is 23.0. The summed E-state index contributed by atoms with van der Waals surface area (Å²) in [5, 5.41) is 9.48. The number of quaternary nitrogens is 1. The summed E-state index contributed by atoms with van der Waals surface area (Å²) in [6.07, 6.45) is 48.1. The SMILES string of the molecule is CCCCCC/C=C\CCCCCCCC/C=C/OC[C@H](COP(=O)(O)OCC[N+](C)(C)C)OC(=O)CCC/C=C\C/C=C\C/C=C\C/C=C\C=C\[C@H](O)CC. The smallest absolute Gasteiger partial charge is 0.472 e. The van der Waals surface area contributed by atoms with E-state index in [0.29, 0.717) is 17.4 Å². The van der Waals surface area contributed by atoms with Crippen LogP contribution in [0.4, 0.5) is 0 Å². The van der Waals surface area contributed by atoms with E-state index in [1.807, 2.05) is 46.3 Å². The molecule has 0 aliphatic heterocycles. The molecule has 56 heavy (non-hydrogen) atoms. The van der Waals surface area contributed by atoms with Crippen LogP contribution in [0.2, 0.25) is 0 Å².